The van der Waals surface area contributed by atoms with E-state index in [2.05, 4.69) is 5.32 Å². The van der Waals surface area contributed by atoms with Gasteiger partial charge in [0.1, 0.15) is 5.02 Å². The van der Waals surface area contributed by atoms with Crippen LogP contribution in [0.1, 0.15) is 10.4 Å². The molecule has 0 atom stereocenters. The summed E-state index contributed by atoms with van der Waals surface area (Å²) in [5.41, 5.74) is -0.0338. The Balaban J connectivity index is 2.39. The van der Waals surface area contributed by atoms with Crippen molar-refractivity contribution in [2.24, 2.45) is 0 Å². The molecule has 0 unspecified atom stereocenters. The van der Waals surface area contributed by atoms with E-state index in [1.54, 1.807) is 0 Å². The molecule has 0 fully saturated rings. The molecule has 0 radical (unpaired) electrons. The first-order valence-electron chi connectivity index (χ1n) is 7.07. The first kappa shape index (κ1) is 19.6. The summed E-state index contributed by atoms with van der Waals surface area (Å²) in [4.78, 5) is 22.7. The molecule has 10 heteroatoms. The lowest BCUT2D eigenvalue weighted by molar-refractivity contribution is -0.384. The Hall–Kier alpha value is -2.71. The second-order valence-corrected chi connectivity index (χ2v) is 5.72. The molecule has 0 aliphatic rings. The highest BCUT2D eigenvalue weighted by Crippen LogP contribution is 2.39. The highest BCUT2D eigenvalue weighted by atomic mass is 35.5. The molecule has 138 valence electrons. The number of methoxy groups -OCH3 is 3. The minimum absolute atomic E-state index is 0.0260. The fourth-order valence-corrected chi connectivity index (χ4v) is 2.62. The van der Waals surface area contributed by atoms with Gasteiger partial charge < -0.3 is 19.5 Å². The van der Waals surface area contributed by atoms with Crippen LogP contribution in [0.5, 0.6) is 17.2 Å². The van der Waals surface area contributed by atoms with Gasteiger partial charge in [-0.05, 0) is 18.2 Å². The highest BCUT2D eigenvalue weighted by molar-refractivity contribution is 6.37. The van der Waals surface area contributed by atoms with E-state index in [0.29, 0.717) is 17.2 Å². The third-order valence-corrected chi connectivity index (χ3v) is 4.02. The molecule has 0 aromatic heterocycles. The summed E-state index contributed by atoms with van der Waals surface area (Å²) < 4.78 is 15.6. The van der Waals surface area contributed by atoms with Crippen LogP contribution >= 0.6 is 23.2 Å². The van der Waals surface area contributed by atoms with Crippen molar-refractivity contribution in [1.29, 1.82) is 0 Å². The maximum absolute atomic E-state index is 12.5. The van der Waals surface area contributed by atoms with Gasteiger partial charge in [0, 0.05) is 11.6 Å². The Morgan fingerprint density at radius 1 is 1.00 bits per heavy atom. The van der Waals surface area contributed by atoms with Crippen LogP contribution in [0, 0.1) is 10.1 Å². The molecule has 2 rings (SSSR count). The molecule has 0 saturated heterocycles. The van der Waals surface area contributed by atoms with Gasteiger partial charge >= 0.3 is 0 Å². The molecular weight excluding hydrogens is 387 g/mol. The molecule has 0 saturated carbocycles. The molecular formula is C16H14Cl2N2O6. The van der Waals surface area contributed by atoms with Crippen LogP contribution in [-0.2, 0) is 0 Å². The maximum atomic E-state index is 12.5. The van der Waals surface area contributed by atoms with E-state index < -0.39 is 10.8 Å². The van der Waals surface area contributed by atoms with Gasteiger partial charge in [-0.3, -0.25) is 14.9 Å². The number of anilines is 1. The predicted octanol–water partition coefficient (Wildman–Crippen LogP) is 4.18. The molecule has 2 aromatic carbocycles. The van der Waals surface area contributed by atoms with Crippen LogP contribution in [0.4, 0.5) is 11.4 Å². The molecule has 1 amide bonds. The number of nitro benzene ring substituents is 1. The van der Waals surface area contributed by atoms with Gasteiger partial charge in [-0.15, -0.1) is 0 Å². The van der Waals surface area contributed by atoms with Crippen molar-refractivity contribution in [3.63, 3.8) is 0 Å². The normalized spacial score (nSPS) is 10.2. The van der Waals surface area contributed by atoms with Gasteiger partial charge in [0.15, 0.2) is 11.5 Å². The lowest BCUT2D eigenvalue weighted by atomic mass is 10.1. The number of amides is 1. The van der Waals surface area contributed by atoms with E-state index in [4.69, 9.17) is 37.4 Å². The lowest BCUT2D eigenvalue weighted by Crippen LogP contribution is -2.13. The van der Waals surface area contributed by atoms with E-state index in [1.165, 1.54) is 39.5 Å². The van der Waals surface area contributed by atoms with E-state index >= 15 is 0 Å². The van der Waals surface area contributed by atoms with Crippen LogP contribution in [0.15, 0.2) is 24.3 Å². The van der Waals surface area contributed by atoms with E-state index in [0.717, 1.165) is 6.07 Å². The molecule has 0 spiro atoms. The third-order valence-electron chi connectivity index (χ3n) is 3.41. The van der Waals surface area contributed by atoms with Crippen LogP contribution < -0.4 is 19.5 Å². The van der Waals surface area contributed by atoms with Crippen LogP contribution in [-0.4, -0.2) is 32.2 Å². The quantitative estimate of drug-likeness (QED) is 0.576. The standard InChI is InChI=1S/C16H14Cl2N2O6/c1-24-13-4-8(5-14(25-2)15(13)26-3)16(21)19-11-6-10(18)12(20(22)23)7-9(11)17/h4-7H,1-3H3,(H,19,21). The van der Waals surface area contributed by atoms with Crippen molar-refractivity contribution < 1.29 is 23.9 Å². The lowest BCUT2D eigenvalue weighted by Gasteiger charge is -2.14. The van der Waals surface area contributed by atoms with E-state index in [9.17, 15) is 14.9 Å². The van der Waals surface area contributed by atoms with Crippen LogP contribution in [0.3, 0.4) is 0 Å². The molecule has 2 aromatic rings. The number of ether oxygens (including phenoxy) is 3. The van der Waals surface area contributed by atoms with Crippen molar-refractivity contribution in [3.05, 3.63) is 50.0 Å². The monoisotopic (exact) mass is 400 g/mol. The molecule has 26 heavy (non-hydrogen) atoms. The number of nitro groups is 1. The minimum Gasteiger partial charge on any atom is -0.493 e. The fourth-order valence-electron chi connectivity index (χ4n) is 2.18. The van der Waals surface area contributed by atoms with Gasteiger partial charge in [0.2, 0.25) is 5.75 Å². The second-order valence-electron chi connectivity index (χ2n) is 4.91. The largest absolute Gasteiger partial charge is 0.493 e. The first-order chi connectivity index (χ1) is 12.3. The van der Waals surface area contributed by atoms with Crippen molar-refractivity contribution in [2.45, 2.75) is 0 Å². The smallest absolute Gasteiger partial charge is 0.289 e. The van der Waals surface area contributed by atoms with E-state index in [-0.39, 0.29) is 27.0 Å². The maximum Gasteiger partial charge on any atom is 0.289 e. The van der Waals surface area contributed by atoms with Crippen molar-refractivity contribution >= 4 is 40.5 Å². The molecule has 8 nitrogen and oxygen atoms in total. The molecule has 0 aliphatic heterocycles. The topological polar surface area (TPSA) is 99.9 Å². The van der Waals surface area contributed by atoms with Gasteiger partial charge in [0.05, 0.1) is 37.0 Å². The number of carbonyl (C=O) groups is 1. The summed E-state index contributed by atoms with van der Waals surface area (Å²) in [5.74, 6) is 0.383. The fraction of sp³-hybridized carbons (Fsp3) is 0.188. The second kappa shape index (κ2) is 8.11. The molecule has 0 bridgehead atoms. The van der Waals surface area contributed by atoms with Crippen molar-refractivity contribution in [3.8, 4) is 17.2 Å². The summed E-state index contributed by atoms with van der Waals surface area (Å²) in [6.45, 7) is 0. The Morgan fingerprint density at radius 3 is 2.04 bits per heavy atom. The first-order valence-corrected chi connectivity index (χ1v) is 7.82. The number of benzene rings is 2. The van der Waals surface area contributed by atoms with Crippen molar-refractivity contribution in [2.75, 3.05) is 26.6 Å². The third kappa shape index (κ3) is 3.92. The Bertz CT molecular complexity index is 847. The Labute approximate surface area is 158 Å². The van der Waals surface area contributed by atoms with Crippen LogP contribution in [0.2, 0.25) is 10.0 Å². The Morgan fingerprint density at radius 2 is 1.58 bits per heavy atom. The highest BCUT2D eigenvalue weighted by Gasteiger charge is 2.20. The zero-order valence-electron chi connectivity index (χ0n) is 14.0. The summed E-state index contributed by atoms with van der Waals surface area (Å²) in [7, 11) is 4.29. The SMILES string of the molecule is COc1cc(C(=O)Nc2cc(Cl)c([N+](=O)[O-])cc2Cl)cc(OC)c1OC. The average Bonchev–Trinajstić information content (AvgIpc) is 2.62. The summed E-state index contributed by atoms with van der Waals surface area (Å²) in [5, 5.41) is 13.2. The van der Waals surface area contributed by atoms with Gasteiger partial charge in [0.25, 0.3) is 11.6 Å². The summed E-state index contributed by atoms with van der Waals surface area (Å²) in [6, 6.07) is 5.18. The minimum atomic E-state index is -0.668. The van der Waals surface area contributed by atoms with Gasteiger partial charge in [-0.1, -0.05) is 23.2 Å². The van der Waals surface area contributed by atoms with Gasteiger partial charge in [-0.25, -0.2) is 0 Å². The molecule has 1 N–H and O–H groups in total. The number of hydrogen-bond donors (Lipinski definition) is 1. The predicted molar refractivity (Wildman–Crippen MR) is 97.2 cm³/mol. The van der Waals surface area contributed by atoms with Crippen molar-refractivity contribution in [1.82, 2.24) is 0 Å². The number of hydrogen-bond acceptors (Lipinski definition) is 6. The number of rotatable bonds is 6. The molecule has 0 heterocycles. The van der Waals surface area contributed by atoms with Crippen LogP contribution in [0.25, 0.3) is 0 Å². The summed E-state index contributed by atoms with van der Waals surface area (Å²) in [6.07, 6.45) is 0. The number of halogens is 2. The average molecular weight is 401 g/mol. The number of nitrogens with zero attached hydrogens (tertiary/aromatic N) is 1. The number of carbonyl (C=O) groups excluding carboxylic acids is 1. The van der Waals surface area contributed by atoms with Gasteiger partial charge in [-0.2, -0.15) is 0 Å². The zero-order chi connectivity index (χ0) is 19.4. The Kier molecular flexibility index (Phi) is 6.12. The summed E-state index contributed by atoms with van der Waals surface area (Å²) >= 11 is 11.8. The number of nitrogens with one attached hydrogen (secondary N) is 1. The molecule has 0 aliphatic carbocycles. The van der Waals surface area contributed by atoms with E-state index in [1.807, 2.05) is 0 Å². The zero-order valence-corrected chi connectivity index (χ0v) is 15.5.